The maximum absolute atomic E-state index is 12.3. The minimum absolute atomic E-state index is 0.184. The van der Waals surface area contributed by atoms with Gasteiger partial charge in [-0.3, -0.25) is 15.3 Å². The molecular formula is C30H34N2O6. The van der Waals surface area contributed by atoms with Gasteiger partial charge in [-0.15, -0.1) is 0 Å². The Morgan fingerprint density at radius 3 is 2.21 bits per heavy atom. The summed E-state index contributed by atoms with van der Waals surface area (Å²) in [6, 6.07) is 21.7. The van der Waals surface area contributed by atoms with Gasteiger partial charge < -0.3 is 9.84 Å². The van der Waals surface area contributed by atoms with Crippen LogP contribution in [0.1, 0.15) is 49.7 Å². The largest absolute Gasteiger partial charge is 0.478 e. The van der Waals surface area contributed by atoms with Crippen LogP contribution >= 0.6 is 0 Å². The van der Waals surface area contributed by atoms with Crippen LogP contribution in [0, 0.1) is 0 Å². The Balaban J connectivity index is 1.27. The van der Waals surface area contributed by atoms with Gasteiger partial charge in [-0.25, -0.2) is 14.7 Å². The third kappa shape index (κ3) is 9.71. The zero-order chi connectivity index (χ0) is 27.2. The molecule has 3 rings (SSSR count). The minimum Gasteiger partial charge on any atom is -0.478 e. The molecular weight excluding hydrogens is 484 g/mol. The van der Waals surface area contributed by atoms with Gasteiger partial charge in [-0.05, 0) is 41.8 Å². The van der Waals surface area contributed by atoms with Crippen molar-refractivity contribution < 1.29 is 29.4 Å². The van der Waals surface area contributed by atoms with E-state index in [-0.39, 0.29) is 13.2 Å². The van der Waals surface area contributed by atoms with E-state index < -0.39 is 18.0 Å². The number of hydrogen-bond acceptors (Lipinski definition) is 5. The summed E-state index contributed by atoms with van der Waals surface area (Å²) in [7, 11) is 0. The molecule has 0 unspecified atom stereocenters. The van der Waals surface area contributed by atoms with E-state index in [2.05, 4.69) is 17.4 Å². The predicted molar refractivity (Wildman–Crippen MR) is 146 cm³/mol. The number of aliphatic carboxylic acids is 1. The summed E-state index contributed by atoms with van der Waals surface area (Å²) in [5.41, 5.74) is 2.88. The van der Waals surface area contributed by atoms with Crippen molar-refractivity contribution in [2.75, 3.05) is 11.9 Å². The number of carboxylic acids is 1. The standard InChI is InChI=1S/C30H34N2O6/c33-28(19-20-29(34)35)32(37)21-8-4-2-1-3-5-10-23-15-17-24(18-16-23)22-38-30(36)31-27-14-9-12-25-11-6-7-13-26(25)27/h6-7,9,11-20,37H,1-5,8,10,21-22H2,(H,31,36)(H,34,35)/b20-19+. The lowest BCUT2D eigenvalue weighted by atomic mass is 10.0. The normalized spacial score (nSPS) is 11.0. The summed E-state index contributed by atoms with van der Waals surface area (Å²) in [6.45, 7) is 0.382. The van der Waals surface area contributed by atoms with Crippen molar-refractivity contribution in [3.63, 3.8) is 0 Å². The highest BCUT2D eigenvalue weighted by Gasteiger charge is 2.08. The quantitative estimate of drug-likeness (QED) is 0.0994. The maximum atomic E-state index is 12.3. The van der Waals surface area contributed by atoms with Crippen molar-refractivity contribution in [3.05, 3.63) is 90.0 Å². The second kappa shape index (κ2) is 15.2. The van der Waals surface area contributed by atoms with Crippen molar-refractivity contribution in [2.45, 2.75) is 51.6 Å². The van der Waals surface area contributed by atoms with Gasteiger partial charge in [0.15, 0.2) is 0 Å². The number of ether oxygens (including phenoxy) is 1. The molecule has 2 amide bonds. The van der Waals surface area contributed by atoms with Crippen LogP contribution in [0.25, 0.3) is 10.8 Å². The Morgan fingerprint density at radius 2 is 1.45 bits per heavy atom. The van der Waals surface area contributed by atoms with Crippen LogP contribution in [0.5, 0.6) is 0 Å². The number of hydrogen-bond donors (Lipinski definition) is 3. The van der Waals surface area contributed by atoms with Crippen LogP contribution in [0.2, 0.25) is 0 Å². The molecule has 0 saturated carbocycles. The van der Waals surface area contributed by atoms with Crippen molar-refractivity contribution >= 4 is 34.4 Å². The molecule has 0 aliphatic carbocycles. The molecule has 3 N–H and O–H groups in total. The molecule has 0 spiro atoms. The lowest BCUT2D eigenvalue weighted by molar-refractivity contribution is -0.159. The molecule has 0 aliphatic rings. The number of anilines is 1. The Hall–Kier alpha value is -4.17. The van der Waals surface area contributed by atoms with Gasteiger partial charge in [0.1, 0.15) is 6.61 Å². The van der Waals surface area contributed by atoms with Gasteiger partial charge in [0, 0.05) is 24.1 Å². The van der Waals surface area contributed by atoms with Crippen molar-refractivity contribution in [3.8, 4) is 0 Å². The zero-order valence-electron chi connectivity index (χ0n) is 21.3. The van der Waals surface area contributed by atoms with Gasteiger partial charge in [0.25, 0.3) is 5.91 Å². The Bertz CT molecular complexity index is 1230. The van der Waals surface area contributed by atoms with Gasteiger partial charge in [0.05, 0.1) is 5.69 Å². The second-order valence-electron chi connectivity index (χ2n) is 9.05. The molecule has 0 bridgehead atoms. The first kappa shape index (κ1) is 28.4. The molecule has 0 heterocycles. The summed E-state index contributed by atoms with van der Waals surface area (Å²) >= 11 is 0. The van der Waals surface area contributed by atoms with E-state index in [1.807, 2.05) is 54.6 Å². The summed E-state index contributed by atoms with van der Waals surface area (Å²) in [5.74, 6) is -1.96. The highest BCUT2D eigenvalue weighted by atomic mass is 16.5. The number of nitrogens with zero attached hydrogens (tertiary/aromatic N) is 1. The number of nitrogens with one attached hydrogen (secondary N) is 1. The molecule has 0 fully saturated rings. The molecule has 0 atom stereocenters. The first-order valence-electron chi connectivity index (χ1n) is 12.8. The molecule has 38 heavy (non-hydrogen) atoms. The summed E-state index contributed by atoms with van der Waals surface area (Å²) in [6.07, 6.45) is 7.79. The molecule has 0 aliphatic heterocycles. The maximum Gasteiger partial charge on any atom is 0.411 e. The van der Waals surface area contributed by atoms with E-state index in [0.717, 1.165) is 66.6 Å². The molecule has 8 heteroatoms. The van der Waals surface area contributed by atoms with Crippen molar-refractivity contribution in [2.24, 2.45) is 0 Å². The molecule has 3 aromatic rings. The van der Waals surface area contributed by atoms with Crippen LogP contribution in [0.4, 0.5) is 10.5 Å². The summed E-state index contributed by atoms with van der Waals surface area (Å²) in [5, 5.41) is 23.5. The average Bonchev–Trinajstić information content (AvgIpc) is 2.92. The molecule has 0 radical (unpaired) electrons. The van der Waals surface area contributed by atoms with E-state index in [9.17, 15) is 19.6 Å². The lowest BCUT2D eigenvalue weighted by Crippen LogP contribution is -2.26. The Labute approximate surface area is 222 Å². The fourth-order valence-corrected chi connectivity index (χ4v) is 4.07. The minimum atomic E-state index is -1.23. The Kier molecular flexibility index (Phi) is 11.3. The van der Waals surface area contributed by atoms with Crippen LogP contribution in [0.3, 0.4) is 0 Å². The molecule has 8 nitrogen and oxygen atoms in total. The van der Waals surface area contributed by atoms with E-state index in [4.69, 9.17) is 9.84 Å². The van der Waals surface area contributed by atoms with Crippen LogP contribution in [-0.4, -0.2) is 39.9 Å². The van der Waals surface area contributed by atoms with Gasteiger partial charge in [-0.1, -0.05) is 86.3 Å². The molecule has 200 valence electrons. The number of aryl methyl sites for hydroxylation is 1. The number of carbonyl (C=O) groups excluding carboxylic acids is 2. The van der Waals surface area contributed by atoms with Gasteiger partial charge in [-0.2, -0.15) is 0 Å². The average molecular weight is 519 g/mol. The topological polar surface area (TPSA) is 116 Å². The zero-order valence-corrected chi connectivity index (χ0v) is 21.3. The number of carbonyl (C=O) groups is 3. The van der Waals surface area contributed by atoms with E-state index in [1.165, 1.54) is 5.56 Å². The first-order chi connectivity index (χ1) is 18.4. The monoisotopic (exact) mass is 518 g/mol. The van der Waals surface area contributed by atoms with Gasteiger partial charge in [0.2, 0.25) is 0 Å². The molecule has 0 saturated heterocycles. The van der Waals surface area contributed by atoms with Crippen LogP contribution < -0.4 is 5.32 Å². The predicted octanol–water partition coefficient (Wildman–Crippen LogP) is 6.33. The third-order valence-corrected chi connectivity index (χ3v) is 6.13. The number of rotatable bonds is 14. The number of fused-ring (bicyclic) bond motifs is 1. The van der Waals surface area contributed by atoms with Gasteiger partial charge >= 0.3 is 12.1 Å². The fraction of sp³-hybridized carbons (Fsp3) is 0.300. The molecule has 3 aromatic carbocycles. The number of benzene rings is 3. The number of unbranched alkanes of at least 4 members (excludes halogenated alkanes) is 5. The summed E-state index contributed by atoms with van der Waals surface area (Å²) in [4.78, 5) is 34.2. The van der Waals surface area contributed by atoms with Crippen molar-refractivity contribution in [1.82, 2.24) is 5.06 Å². The third-order valence-electron chi connectivity index (χ3n) is 6.13. The van der Waals surface area contributed by atoms with E-state index >= 15 is 0 Å². The second-order valence-corrected chi connectivity index (χ2v) is 9.05. The van der Waals surface area contributed by atoms with Crippen LogP contribution in [0.15, 0.2) is 78.9 Å². The van der Waals surface area contributed by atoms with E-state index in [1.54, 1.807) is 0 Å². The molecule has 0 aromatic heterocycles. The SMILES string of the molecule is O=C(O)/C=C/C(=O)N(O)CCCCCCCCc1ccc(COC(=O)Nc2cccc3ccccc23)cc1. The summed E-state index contributed by atoms with van der Waals surface area (Å²) < 4.78 is 5.40. The van der Waals surface area contributed by atoms with E-state index in [0.29, 0.717) is 17.6 Å². The first-order valence-corrected chi connectivity index (χ1v) is 12.8. The smallest absolute Gasteiger partial charge is 0.411 e. The lowest BCUT2D eigenvalue weighted by Gasteiger charge is -2.12. The highest BCUT2D eigenvalue weighted by molar-refractivity contribution is 6.00. The Morgan fingerprint density at radius 1 is 0.789 bits per heavy atom. The van der Waals surface area contributed by atoms with Crippen LogP contribution in [-0.2, 0) is 27.4 Å². The number of carboxylic acid groups (broad SMARTS) is 1. The number of hydroxylamine groups is 2. The fourth-order valence-electron chi connectivity index (χ4n) is 4.07. The highest BCUT2D eigenvalue weighted by Crippen LogP contribution is 2.23. The number of amides is 2. The van der Waals surface area contributed by atoms with Crippen molar-refractivity contribution in [1.29, 1.82) is 0 Å².